The molecule has 0 bridgehead atoms. The minimum absolute atomic E-state index is 0.256. The molecule has 1 aromatic rings. The lowest BCUT2D eigenvalue weighted by Crippen LogP contribution is -2.01. The molecule has 0 radical (unpaired) electrons. The van der Waals surface area contributed by atoms with E-state index in [1.54, 1.807) is 0 Å². The van der Waals surface area contributed by atoms with Gasteiger partial charge in [-0.2, -0.15) is 0 Å². The molecule has 1 nitrogen and oxygen atoms in total. The lowest BCUT2D eigenvalue weighted by Gasteiger charge is -1.99. The quantitative estimate of drug-likeness (QED) is 0.609. The Morgan fingerprint density at radius 3 is 2.56 bits per heavy atom. The van der Waals surface area contributed by atoms with Crippen LogP contribution in [0.5, 0.6) is 0 Å². The molecule has 1 N–H and O–H groups in total. The first kappa shape index (κ1) is 12.6. The number of hydrogen-bond acceptors (Lipinski definition) is 1. The fourth-order valence-electron chi connectivity index (χ4n) is 1.13. The van der Waals surface area contributed by atoms with Crippen LogP contribution in [0, 0.1) is 29.3 Å². The lowest BCUT2D eigenvalue weighted by molar-refractivity contribution is 0.221. The van der Waals surface area contributed by atoms with Crippen LogP contribution in [0.4, 0.5) is 13.2 Å². The van der Waals surface area contributed by atoms with Crippen molar-refractivity contribution in [1.82, 2.24) is 0 Å². The molecule has 86 valence electrons. The largest absolute Gasteiger partial charge is 0.380 e. The molecule has 0 spiro atoms. The van der Waals surface area contributed by atoms with E-state index < -0.39 is 23.6 Å². The Morgan fingerprint density at radius 1 is 1.25 bits per heavy atom. The lowest BCUT2D eigenvalue weighted by atomic mass is 10.1. The number of benzene rings is 1. The smallest absolute Gasteiger partial charge is 0.195 e. The molecule has 0 heterocycles. The number of hydrogen-bond donors (Lipinski definition) is 1. The van der Waals surface area contributed by atoms with Gasteiger partial charge in [0.05, 0.1) is 5.56 Å². The second kappa shape index (κ2) is 5.57. The van der Waals surface area contributed by atoms with Crippen molar-refractivity contribution in [3.05, 3.63) is 35.1 Å². The van der Waals surface area contributed by atoms with Gasteiger partial charge in [0.15, 0.2) is 17.5 Å². The first-order valence-electron chi connectivity index (χ1n) is 4.89. The molecule has 0 aliphatic rings. The van der Waals surface area contributed by atoms with Crippen LogP contribution in [-0.4, -0.2) is 11.2 Å². The summed E-state index contributed by atoms with van der Waals surface area (Å²) >= 11 is 0. The van der Waals surface area contributed by atoms with E-state index in [-0.39, 0.29) is 5.56 Å². The van der Waals surface area contributed by atoms with E-state index in [1.165, 1.54) is 0 Å². The normalized spacial score (nSPS) is 11.8. The van der Waals surface area contributed by atoms with Gasteiger partial charge in [0.25, 0.3) is 0 Å². The van der Waals surface area contributed by atoms with Crippen LogP contribution in [0.15, 0.2) is 12.1 Å². The predicted octanol–water partition coefficient (Wildman–Crippen LogP) is 2.62. The molecular formula is C12H11F3O. The predicted molar refractivity (Wildman–Crippen MR) is 54.1 cm³/mol. The summed E-state index contributed by atoms with van der Waals surface area (Å²) in [6.07, 6.45) is 0.312. The highest BCUT2D eigenvalue weighted by atomic mass is 19.2. The highest BCUT2D eigenvalue weighted by Gasteiger charge is 2.11. The number of halogens is 3. The third-order valence-corrected chi connectivity index (χ3v) is 1.97. The van der Waals surface area contributed by atoms with Gasteiger partial charge in [0.1, 0.15) is 6.10 Å². The molecule has 16 heavy (non-hydrogen) atoms. The summed E-state index contributed by atoms with van der Waals surface area (Å²) in [6.45, 7) is 1.86. The highest BCUT2D eigenvalue weighted by Crippen LogP contribution is 2.14. The molecule has 0 fully saturated rings. The summed E-state index contributed by atoms with van der Waals surface area (Å²) < 4.78 is 38.4. The van der Waals surface area contributed by atoms with E-state index >= 15 is 0 Å². The molecule has 0 aliphatic carbocycles. The van der Waals surface area contributed by atoms with Crippen molar-refractivity contribution >= 4 is 0 Å². The van der Waals surface area contributed by atoms with Crippen LogP contribution in [0.25, 0.3) is 0 Å². The van der Waals surface area contributed by atoms with E-state index in [9.17, 15) is 18.3 Å². The molecule has 0 amide bonds. The maximum atomic E-state index is 13.1. The van der Waals surface area contributed by atoms with Crippen molar-refractivity contribution in [3.8, 4) is 11.8 Å². The molecule has 4 heteroatoms. The van der Waals surface area contributed by atoms with Crippen molar-refractivity contribution in [2.45, 2.75) is 25.9 Å². The van der Waals surface area contributed by atoms with Crippen LogP contribution in [0.1, 0.15) is 25.3 Å². The zero-order chi connectivity index (χ0) is 12.1. The van der Waals surface area contributed by atoms with Crippen molar-refractivity contribution in [2.75, 3.05) is 0 Å². The Labute approximate surface area is 91.9 Å². The summed E-state index contributed by atoms with van der Waals surface area (Å²) in [5.41, 5.74) is -0.256. The molecule has 1 aromatic carbocycles. The number of aliphatic hydroxyl groups is 1. The van der Waals surface area contributed by atoms with Crippen molar-refractivity contribution < 1.29 is 18.3 Å². The van der Waals surface area contributed by atoms with Crippen LogP contribution in [0.3, 0.4) is 0 Å². The van der Waals surface area contributed by atoms with E-state index in [0.29, 0.717) is 6.42 Å². The molecule has 1 atom stereocenters. The van der Waals surface area contributed by atoms with Crippen molar-refractivity contribution in [3.63, 3.8) is 0 Å². The average molecular weight is 228 g/mol. The summed E-state index contributed by atoms with van der Waals surface area (Å²) in [4.78, 5) is 0. The first-order chi connectivity index (χ1) is 7.56. The molecule has 1 unspecified atom stereocenters. The fourth-order valence-corrected chi connectivity index (χ4v) is 1.13. The van der Waals surface area contributed by atoms with Gasteiger partial charge in [-0.15, -0.1) is 0 Å². The number of aliphatic hydroxyl groups excluding tert-OH is 1. The van der Waals surface area contributed by atoms with Crippen molar-refractivity contribution in [2.24, 2.45) is 0 Å². The number of rotatable bonds is 2. The van der Waals surface area contributed by atoms with E-state index in [1.807, 2.05) is 6.92 Å². The van der Waals surface area contributed by atoms with Crippen LogP contribution >= 0.6 is 0 Å². The third-order valence-electron chi connectivity index (χ3n) is 1.97. The zero-order valence-electron chi connectivity index (χ0n) is 8.73. The van der Waals surface area contributed by atoms with Gasteiger partial charge in [0.2, 0.25) is 0 Å². The summed E-state index contributed by atoms with van der Waals surface area (Å²) in [5.74, 6) is 0.527. The third kappa shape index (κ3) is 3.01. The van der Waals surface area contributed by atoms with Gasteiger partial charge < -0.3 is 5.11 Å². The average Bonchev–Trinajstić information content (AvgIpc) is 2.25. The maximum Gasteiger partial charge on any atom is 0.195 e. The standard InChI is InChI=1S/C12H11F3O/c1-2-3-9(16)6-4-8-5-7-10(13)12(15)11(8)14/h5,7,9,16H,2-3H2,1H3. The minimum Gasteiger partial charge on any atom is -0.380 e. The highest BCUT2D eigenvalue weighted by molar-refractivity contribution is 5.36. The van der Waals surface area contributed by atoms with E-state index in [0.717, 1.165) is 18.6 Å². The SMILES string of the molecule is CCCC(O)C#Cc1ccc(F)c(F)c1F. The van der Waals surface area contributed by atoms with Crippen LogP contribution in [0.2, 0.25) is 0 Å². The molecule has 0 saturated carbocycles. The van der Waals surface area contributed by atoms with Crippen molar-refractivity contribution in [1.29, 1.82) is 0 Å². The van der Waals surface area contributed by atoms with Gasteiger partial charge in [-0.25, -0.2) is 13.2 Å². The van der Waals surface area contributed by atoms with Gasteiger partial charge in [-0.1, -0.05) is 25.2 Å². The molecule has 0 saturated heterocycles. The Morgan fingerprint density at radius 2 is 1.94 bits per heavy atom. The monoisotopic (exact) mass is 228 g/mol. The van der Waals surface area contributed by atoms with Gasteiger partial charge >= 0.3 is 0 Å². The summed E-state index contributed by atoms with van der Waals surface area (Å²) in [5, 5.41) is 9.26. The Hall–Kier alpha value is -1.47. The zero-order valence-corrected chi connectivity index (χ0v) is 8.73. The van der Waals surface area contributed by atoms with Gasteiger partial charge in [-0.3, -0.25) is 0 Å². The second-order valence-corrected chi connectivity index (χ2v) is 3.30. The van der Waals surface area contributed by atoms with Crippen LogP contribution in [-0.2, 0) is 0 Å². The summed E-state index contributed by atoms with van der Waals surface area (Å²) in [7, 11) is 0. The molecular weight excluding hydrogens is 217 g/mol. The minimum atomic E-state index is -1.54. The maximum absolute atomic E-state index is 13.1. The van der Waals surface area contributed by atoms with Crippen LogP contribution < -0.4 is 0 Å². The molecule has 0 aromatic heterocycles. The topological polar surface area (TPSA) is 20.2 Å². The Balaban J connectivity index is 2.94. The second-order valence-electron chi connectivity index (χ2n) is 3.30. The van der Waals surface area contributed by atoms with Gasteiger partial charge in [0, 0.05) is 0 Å². The fraction of sp³-hybridized carbons (Fsp3) is 0.333. The van der Waals surface area contributed by atoms with Gasteiger partial charge in [-0.05, 0) is 18.6 Å². The Kier molecular flexibility index (Phi) is 4.39. The first-order valence-corrected chi connectivity index (χ1v) is 4.89. The van der Waals surface area contributed by atoms with E-state index in [2.05, 4.69) is 11.8 Å². The summed E-state index contributed by atoms with van der Waals surface area (Å²) in [6, 6.07) is 1.84. The Bertz CT molecular complexity index is 432. The van der Waals surface area contributed by atoms with E-state index in [4.69, 9.17) is 0 Å². The molecule has 1 rings (SSSR count). The molecule has 0 aliphatic heterocycles.